The van der Waals surface area contributed by atoms with Gasteiger partial charge in [0, 0.05) is 20.6 Å². The maximum absolute atomic E-state index is 6.30. The van der Waals surface area contributed by atoms with Gasteiger partial charge < -0.3 is 15.4 Å². The van der Waals surface area contributed by atoms with Crippen LogP contribution in [0.3, 0.4) is 0 Å². The Balaban J connectivity index is 1.80. The number of hydrogen-bond acceptors (Lipinski definition) is 3. The fourth-order valence-corrected chi connectivity index (χ4v) is 3.81. The van der Waals surface area contributed by atoms with Gasteiger partial charge in [-0.3, -0.25) is 4.68 Å². The molecule has 0 bridgehead atoms. The van der Waals surface area contributed by atoms with Crippen LogP contribution in [0.25, 0.3) is 0 Å². The summed E-state index contributed by atoms with van der Waals surface area (Å²) in [4.78, 5) is 0. The van der Waals surface area contributed by atoms with Crippen LogP contribution in [-0.2, 0) is 6.54 Å². The van der Waals surface area contributed by atoms with Crippen LogP contribution in [0.15, 0.2) is 36.4 Å². The molecule has 0 saturated carbocycles. The summed E-state index contributed by atoms with van der Waals surface area (Å²) in [5.74, 6) is 0.635. The minimum absolute atomic E-state index is 0.395. The SMILES string of the molecule is COc1ccc(Cl)cc1NC(=S)Nc1c(C)nn(Cc2c(Cl)cccc2Cl)c1C. The van der Waals surface area contributed by atoms with E-state index in [2.05, 4.69) is 15.7 Å². The Morgan fingerprint density at radius 1 is 1.10 bits per heavy atom. The van der Waals surface area contributed by atoms with Crippen molar-refractivity contribution >= 4 is 63.5 Å². The van der Waals surface area contributed by atoms with E-state index in [1.807, 2.05) is 36.7 Å². The van der Waals surface area contributed by atoms with Gasteiger partial charge in [-0.25, -0.2) is 0 Å². The minimum atomic E-state index is 0.395. The smallest absolute Gasteiger partial charge is 0.175 e. The first-order valence-corrected chi connectivity index (χ1v) is 10.2. The lowest BCUT2D eigenvalue weighted by molar-refractivity contribution is 0.417. The van der Waals surface area contributed by atoms with Crippen LogP contribution in [0.4, 0.5) is 11.4 Å². The fraction of sp³-hybridized carbons (Fsp3) is 0.200. The third kappa shape index (κ3) is 4.95. The molecule has 0 radical (unpaired) electrons. The zero-order valence-electron chi connectivity index (χ0n) is 16.0. The topological polar surface area (TPSA) is 51.1 Å². The van der Waals surface area contributed by atoms with Crippen LogP contribution in [0, 0.1) is 13.8 Å². The molecule has 1 heterocycles. The van der Waals surface area contributed by atoms with Gasteiger partial charge in [-0.1, -0.05) is 40.9 Å². The van der Waals surface area contributed by atoms with Crippen molar-refractivity contribution in [2.24, 2.45) is 0 Å². The van der Waals surface area contributed by atoms with Gasteiger partial charge in [0.05, 0.1) is 36.4 Å². The summed E-state index contributed by atoms with van der Waals surface area (Å²) >= 11 is 24.1. The van der Waals surface area contributed by atoms with E-state index < -0.39 is 0 Å². The van der Waals surface area contributed by atoms with Gasteiger partial charge in [-0.15, -0.1) is 0 Å². The second-order valence-corrected chi connectivity index (χ2v) is 7.99. The molecular formula is C20H19Cl3N4OS. The van der Waals surface area contributed by atoms with Crippen LogP contribution >= 0.6 is 47.0 Å². The number of nitrogens with zero attached hydrogens (tertiary/aromatic N) is 2. The molecule has 0 fully saturated rings. The minimum Gasteiger partial charge on any atom is -0.495 e. The van der Waals surface area contributed by atoms with Gasteiger partial charge in [0.2, 0.25) is 0 Å². The quantitative estimate of drug-likeness (QED) is 0.428. The molecule has 0 amide bonds. The van der Waals surface area contributed by atoms with Crippen molar-refractivity contribution in [1.29, 1.82) is 0 Å². The maximum atomic E-state index is 6.30. The standard InChI is InChI=1S/C20H19Cl3N4OS/c1-11-19(25-20(29)24-17-9-13(21)7-8-18(17)28-3)12(2)27(26-11)10-14-15(22)5-4-6-16(14)23/h4-9H,10H2,1-3H3,(H2,24,25,29). The lowest BCUT2D eigenvalue weighted by Gasteiger charge is -2.14. The molecule has 9 heteroatoms. The first kappa shape index (κ1) is 21.7. The van der Waals surface area contributed by atoms with Gasteiger partial charge in [-0.05, 0) is 56.4 Å². The van der Waals surface area contributed by atoms with Gasteiger partial charge >= 0.3 is 0 Å². The summed E-state index contributed by atoms with van der Waals surface area (Å²) in [7, 11) is 1.59. The number of aryl methyl sites for hydroxylation is 1. The first-order valence-electron chi connectivity index (χ1n) is 8.68. The summed E-state index contributed by atoms with van der Waals surface area (Å²) in [6, 6.07) is 10.7. The van der Waals surface area contributed by atoms with Crippen LogP contribution in [0.2, 0.25) is 15.1 Å². The molecule has 0 spiro atoms. The molecule has 0 atom stereocenters. The molecule has 5 nitrogen and oxygen atoms in total. The van der Waals surface area contributed by atoms with E-state index in [4.69, 9.17) is 51.8 Å². The zero-order valence-corrected chi connectivity index (χ0v) is 19.1. The van der Waals surface area contributed by atoms with Crippen molar-refractivity contribution in [1.82, 2.24) is 9.78 Å². The number of hydrogen-bond donors (Lipinski definition) is 2. The highest BCUT2D eigenvalue weighted by molar-refractivity contribution is 7.80. The van der Waals surface area contributed by atoms with Crippen molar-refractivity contribution in [3.05, 3.63) is 68.4 Å². The zero-order chi connectivity index (χ0) is 21.1. The highest BCUT2D eigenvalue weighted by Crippen LogP contribution is 2.29. The van der Waals surface area contributed by atoms with Crippen molar-refractivity contribution < 1.29 is 4.74 Å². The Bertz CT molecular complexity index is 1050. The lowest BCUT2D eigenvalue weighted by atomic mass is 10.2. The molecule has 0 aliphatic rings. The predicted molar refractivity (Wildman–Crippen MR) is 125 cm³/mol. The summed E-state index contributed by atoms with van der Waals surface area (Å²) < 4.78 is 7.18. The fourth-order valence-electron chi connectivity index (χ4n) is 2.91. The Hall–Kier alpha value is -1.99. The molecule has 2 aromatic carbocycles. The number of thiocarbonyl (C=S) groups is 1. The van der Waals surface area contributed by atoms with E-state index in [-0.39, 0.29) is 0 Å². The van der Waals surface area contributed by atoms with Crippen molar-refractivity contribution in [2.75, 3.05) is 17.7 Å². The molecule has 0 saturated heterocycles. The number of benzene rings is 2. The van der Waals surface area contributed by atoms with Crippen molar-refractivity contribution in [3.8, 4) is 5.75 Å². The third-order valence-electron chi connectivity index (χ3n) is 4.40. The summed E-state index contributed by atoms with van der Waals surface area (Å²) in [5, 5.41) is 13.1. The van der Waals surface area contributed by atoms with Crippen molar-refractivity contribution in [2.45, 2.75) is 20.4 Å². The van der Waals surface area contributed by atoms with E-state index in [0.29, 0.717) is 38.2 Å². The van der Waals surface area contributed by atoms with E-state index in [1.54, 1.807) is 25.3 Å². The molecular weight excluding hydrogens is 451 g/mol. The summed E-state index contributed by atoms with van der Waals surface area (Å²) in [6.45, 7) is 4.31. The van der Waals surface area contributed by atoms with E-state index >= 15 is 0 Å². The molecule has 0 aliphatic carbocycles. The number of aromatic nitrogens is 2. The summed E-state index contributed by atoms with van der Waals surface area (Å²) in [5.41, 5.74) is 4.00. The van der Waals surface area contributed by atoms with E-state index in [0.717, 1.165) is 22.6 Å². The maximum Gasteiger partial charge on any atom is 0.175 e. The van der Waals surface area contributed by atoms with Crippen molar-refractivity contribution in [3.63, 3.8) is 0 Å². The second kappa shape index (κ2) is 9.22. The van der Waals surface area contributed by atoms with E-state index in [9.17, 15) is 0 Å². The Kier molecular flexibility index (Phi) is 6.90. The summed E-state index contributed by atoms with van der Waals surface area (Å²) in [6.07, 6.45) is 0. The molecule has 3 aromatic rings. The second-order valence-electron chi connectivity index (χ2n) is 6.33. The first-order chi connectivity index (χ1) is 13.8. The number of halogens is 3. The van der Waals surface area contributed by atoms with Crippen LogP contribution < -0.4 is 15.4 Å². The largest absolute Gasteiger partial charge is 0.495 e. The molecule has 1 aromatic heterocycles. The molecule has 2 N–H and O–H groups in total. The van der Waals surface area contributed by atoms with Gasteiger partial charge in [0.25, 0.3) is 0 Å². The number of ether oxygens (including phenoxy) is 1. The molecule has 0 aliphatic heterocycles. The highest BCUT2D eigenvalue weighted by atomic mass is 35.5. The number of nitrogens with one attached hydrogen (secondary N) is 2. The van der Waals surface area contributed by atoms with Crippen LogP contribution in [0.1, 0.15) is 17.0 Å². The molecule has 0 unspecified atom stereocenters. The lowest BCUT2D eigenvalue weighted by Crippen LogP contribution is -2.20. The third-order valence-corrected chi connectivity index (χ3v) is 5.55. The van der Waals surface area contributed by atoms with Crippen LogP contribution in [-0.4, -0.2) is 22.0 Å². The monoisotopic (exact) mass is 468 g/mol. The Morgan fingerprint density at radius 2 is 1.79 bits per heavy atom. The molecule has 29 heavy (non-hydrogen) atoms. The van der Waals surface area contributed by atoms with Gasteiger partial charge in [0.1, 0.15) is 5.75 Å². The Labute approximate surface area is 189 Å². The number of anilines is 2. The average Bonchev–Trinajstić information content (AvgIpc) is 2.92. The molecule has 3 rings (SSSR count). The average molecular weight is 470 g/mol. The molecule has 152 valence electrons. The number of methoxy groups -OCH3 is 1. The number of rotatable bonds is 5. The normalized spacial score (nSPS) is 10.7. The van der Waals surface area contributed by atoms with Gasteiger partial charge in [-0.2, -0.15) is 5.10 Å². The predicted octanol–water partition coefficient (Wildman–Crippen LogP) is 6.33. The van der Waals surface area contributed by atoms with Crippen LogP contribution in [0.5, 0.6) is 5.75 Å². The highest BCUT2D eigenvalue weighted by Gasteiger charge is 2.16. The van der Waals surface area contributed by atoms with E-state index in [1.165, 1.54) is 0 Å². The van der Waals surface area contributed by atoms with Gasteiger partial charge in [0.15, 0.2) is 5.11 Å². The Morgan fingerprint density at radius 3 is 2.45 bits per heavy atom.